The van der Waals surface area contributed by atoms with Gasteiger partial charge in [-0.3, -0.25) is 9.59 Å². The van der Waals surface area contributed by atoms with E-state index < -0.39 is 0 Å². The van der Waals surface area contributed by atoms with Crippen LogP contribution in [0, 0.1) is 5.92 Å². The molecule has 2 amide bonds. The van der Waals surface area contributed by atoms with E-state index in [9.17, 15) is 9.59 Å². The van der Waals surface area contributed by atoms with E-state index in [-0.39, 0.29) is 23.8 Å². The van der Waals surface area contributed by atoms with Gasteiger partial charge in [-0.2, -0.15) is 0 Å². The molecule has 0 saturated carbocycles. The first kappa shape index (κ1) is 14.3. The summed E-state index contributed by atoms with van der Waals surface area (Å²) in [4.78, 5) is 27.8. The van der Waals surface area contributed by atoms with Gasteiger partial charge >= 0.3 is 0 Å². The van der Waals surface area contributed by atoms with Crippen LogP contribution in [0.2, 0.25) is 0 Å². The Labute approximate surface area is 114 Å². The van der Waals surface area contributed by atoms with Crippen molar-refractivity contribution in [2.75, 3.05) is 46.9 Å². The van der Waals surface area contributed by atoms with E-state index in [0.717, 1.165) is 19.5 Å². The number of rotatable bonds is 5. The molecule has 108 valence electrons. The van der Waals surface area contributed by atoms with Gasteiger partial charge in [0.25, 0.3) is 0 Å². The van der Waals surface area contributed by atoms with E-state index in [1.807, 2.05) is 11.9 Å². The molecule has 2 heterocycles. The van der Waals surface area contributed by atoms with Crippen molar-refractivity contribution in [2.45, 2.75) is 18.9 Å². The van der Waals surface area contributed by atoms with E-state index in [2.05, 4.69) is 5.32 Å². The zero-order valence-corrected chi connectivity index (χ0v) is 11.7. The molecule has 0 spiro atoms. The summed E-state index contributed by atoms with van der Waals surface area (Å²) in [6, 6.07) is 0.274. The fourth-order valence-electron chi connectivity index (χ4n) is 2.79. The van der Waals surface area contributed by atoms with Crippen molar-refractivity contribution in [1.82, 2.24) is 15.1 Å². The number of likely N-dealkylation sites (N-methyl/N-ethyl adjacent to an activating group) is 1. The summed E-state index contributed by atoms with van der Waals surface area (Å²) in [6.07, 6.45) is 1.34. The lowest BCUT2D eigenvalue weighted by atomic mass is 10.1. The Balaban J connectivity index is 1.88. The van der Waals surface area contributed by atoms with Crippen LogP contribution >= 0.6 is 0 Å². The number of nitrogens with zero attached hydrogens (tertiary/aromatic N) is 2. The lowest BCUT2D eigenvalue weighted by Gasteiger charge is -2.26. The molecular formula is C13H23N3O3. The first-order chi connectivity index (χ1) is 9.13. The third-order valence-electron chi connectivity index (χ3n) is 4.06. The number of hydrogen-bond donors (Lipinski definition) is 1. The molecule has 0 aliphatic carbocycles. The molecule has 0 aromatic heterocycles. The Morgan fingerprint density at radius 3 is 3.00 bits per heavy atom. The van der Waals surface area contributed by atoms with Crippen LogP contribution in [0.3, 0.4) is 0 Å². The van der Waals surface area contributed by atoms with Gasteiger partial charge in [-0.1, -0.05) is 0 Å². The summed E-state index contributed by atoms with van der Waals surface area (Å²) in [5, 5.41) is 3.26. The number of carbonyl (C=O) groups is 2. The Morgan fingerprint density at radius 2 is 2.37 bits per heavy atom. The van der Waals surface area contributed by atoms with E-state index in [4.69, 9.17) is 4.74 Å². The number of ether oxygens (including phenoxy) is 1. The first-order valence-electron chi connectivity index (χ1n) is 6.87. The van der Waals surface area contributed by atoms with E-state index in [1.165, 1.54) is 0 Å². The molecule has 2 aliphatic heterocycles. The maximum absolute atomic E-state index is 12.4. The lowest BCUT2D eigenvalue weighted by molar-refractivity contribution is -0.136. The third kappa shape index (κ3) is 3.25. The molecule has 19 heavy (non-hydrogen) atoms. The number of hydrogen-bond acceptors (Lipinski definition) is 4. The highest BCUT2D eigenvalue weighted by Crippen LogP contribution is 2.21. The molecule has 0 unspecified atom stereocenters. The van der Waals surface area contributed by atoms with E-state index in [1.54, 1.807) is 12.0 Å². The zero-order chi connectivity index (χ0) is 13.8. The smallest absolute Gasteiger partial charge is 0.228 e. The Bertz CT molecular complexity index is 342. The van der Waals surface area contributed by atoms with Crippen molar-refractivity contribution in [1.29, 1.82) is 0 Å². The zero-order valence-electron chi connectivity index (χ0n) is 11.7. The summed E-state index contributed by atoms with van der Waals surface area (Å²) >= 11 is 0. The van der Waals surface area contributed by atoms with Crippen LogP contribution in [-0.2, 0) is 14.3 Å². The van der Waals surface area contributed by atoms with E-state index >= 15 is 0 Å². The van der Waals surface area contributed by atoms with Gasteiger partial charge in [-0.15, -0.1) is 0 Å². The predicted molar refractivity (Wildman–Crippen MR) is 70.6 cm³/mol. The molecule has 2 saturated heterocycles. The Hall–Kier alpha value is -1.14. The first-order valence-corrected chi connectivity index (χ1v) is 6.87. The summed E-state index contributed by atoms with van der Waals surface area (Å²) in [7, 11) is 3.46. The highest BCUT2D eigenvalue weighted by Gasteiger charge is 2.37. The van der Waals surface area contributed by atoms with Crippen LogP contribution in [0.15, 0.2) is 0 Å². The second-order valence-corrected chi connectivity index (χ2v) is 5.33. The standard InChI is InChI=1S/C13H23N3O3/c1-15(11-3-4-14-8-11)13(18)10-7-12(17)16(9-10)5-6-19-2/h10-11,14H,3-9H2,1-2H3/t10-,11+/m0/s1. The highest BCUT2D eigenvalue weighted by atomic mass is 16.5. The van der Waals surface area contributed by atoms with Crippen LogP contribution < -0.4 is 5.32 Å². The third-order valence-corrected chi connectivity index (χ3v) is 4.06. The summed E-state index contributed by atoms with van der Waals surface area (Å²) in [5.41, 5.74) is 0. The average Bonchev–Trinajstić information content (AvgIpc) is 3.04. The Kier molecular flexibility index (Phi) is 4.76. The fourth-order valence-corrected chi connectivity index (χ4v) is 2.79. The van der Waals surface area contributed by atoms with Crippen molar-refractivity contribution >= 4 is 11.8 Å². The van der Waals surface area contributed by atoms with Crippen molar-refractivity contribution in [3.05, 3.63) is 0 Å². The predicted octanol–water partition coefficient (Wildman–Crippen LogP) is -0.698. The molecular weight excluding hydrogens is 246 g/mol. The minimum atomic E-state index is -0.185. The SMILES string of the molecule is COCCN1C[C@@H](C(=O)N(C)[C@@H]2CCNC2)CC1=O. The lowest BCUT2D eigenvalue weighted by Crippen LogP contribution is -2.42. The van der Waals surface area contributed by atoms with Crippen molar-refractivity contribution < 1.29 is 14.3 Å². The van der Waals surface area contributed by atoms with Gasteiger partial charge in [0.1, 0.15) is 0 Å². The van der Waals surface area contributed by atoms with Crippen molar-refractivity contribution in [3.8, 4) is 0 Å². The van der Waals surface area contributed by atoms with E-state index in [0.29, 0.717) is 26.1 Å². The molecule has 2 fully saturated rings. The average molecular weight is 269 g/mol. The molecule has 0 bridgehead atoms. The minimum absolute atomic E-state index is 0.0633. The molecule has 0 radical (unpaired) electrons. The van der Waals surface area contributed by atoms with Crippen molar-refractivity contribution in [2.24, 2.45) is 5.92 Å². The second kappa shape index (κ2) is 6.34. The van der Waals surface area contributed by atoms with Crippen molar-refractivity contribution in [3.63, 3.8) is 0 Å². The topological polar surface area (TPSA) is 61.9 Å². The largest absolute Gasteiger partial charge is 0.383 e. The molecule has 0 aromatic rings. The maximum Gasteiger partial charge on any atom is 0.228 e. The molecule has 6 nitrogen and oxygen atoms in total. The molecule has 6 heteroatoms. The van der Waals surface area contributed by atoms with Gasteiger partial charge in [-0.05, 0) is 13.0 Å². The second-order valence-electron chi connectivity index (χ2n) is 5.33. The van der Waals surface area contributed by atoms with Gasteiger partial charge in [0.15, 0.2) is 0 Å². The molecule has 2 rings (SSSR count). The van der Waals surface area contributed by atoms with Gasteiger partial charge in [-0.25, -0.2) is 0 Å². The normalized spacial score (nSPS) is 27.1. The summed E-state index contributed by atoms with van der Waals surface area (Å²) in [5.74, 6) is -0.0229. The number of nitrogens with one attached hydrogen (secondary N) is 1. The van der Waals surface area contributed by atoms with Gasteiger partial charge in [0, 0.05) is 46.3 Å². The number of likely N-dealkylation sites (tertiary alicyclic amines) is 1. The summed E-state index contributed by atoms with van der Waals surface area (Å²) in [6.45, 7) is 3.45. The van der Waals surface area contributed by atoms with Gasteiger partial charge in [0.05, 0.1) is 12.5 Å². The maximum atomic E-state index is 12.4. The molecule has 2 atom stereocenters. The molecule has 2 aliphatic rings. The van der Waals surface area contributed by atoms with Crippen LogP contribution in [0.5, 0.6) is 0 Å². The molecule has 0 aromatic carbocycles. The minimum Gasteiger partial charge on any atom is -0.383 e. The quantitative estimate of drug-likeness (QED) is 0.717. The van der Waals surface area contributed by atoms with Crippen LogP contribution in [-0.4, -0.2) is 74.6 Å². The van der Waals surface area contributed by atoms with Crippen LogP contribution in [0.25, 0.3) is 0 Å². The van der Waals surface area contributed by atoms with Crippen LogP contribution in [0.1, 0.15) is 12.8 Å². The highest BCUT2D eigenvalue weighted by molar-refractivity contribution is 5.89. The molecule has 1 N–H and O–H groups in total. The number of carbonyl (C=O) groups excluding carboxylic acids is 2. The monoisotopic (exact) mass is 269 g/mol. The number of amides is 2. The van der Waals surface area contributed by atoms with Gasteiger partial charge < -0.3 is 19.9 Å². The summed E-state index contributed by atoms with van der Waals surface area (Å²) < 4.78 is 4.98. The van der Waals surface area contributed by atoms with Gasteiger partial charge in [0.2, 0.25) is 11.8 Å². The Morgan fingerprint density at radius 1 is 1.58 bits per heavy atom. The number of methoxy groups -OCH3 is 1. The fraction of sp³-hybridized carbons (Fsp3) is 0.846. The van der Waals surface area contributed by atoms with Crippen LogP contribution in [0.4, 0.5) is 0 Å².